The Kier molecular flexibility index (Phi) is 5.10. The van der Waals surface area contributed by atoms with Crippen LogP contribution in [-0.2, 0) is 0 Å². The van der Waals surface area contributed by atoms with Crippen LogP contribution in [0, 0.1) is 6.92 Å². The van der Waals surface area contributed by atoms with Gasteiger partial charge in [-0.3, -0.25) is 4.90 Å². The molecule has 2 saturated heterocycles. The van der Waals surface area contributed by atoms with Crippen LogP contribution in [-0.4, -0.2) is 49.8 Å². The van der Waals surface area contributed by atoms with E-state index in [4.69, 9.17) is 4.98 Å². The highest BCUT2D eigenvalue weighted by Gasteiger charge is 2.41. The lowest BCUT2D eigenvalue weighted by Gasteiger charge is -2.40. The van der Waals surface area contributed by atoms with Crippen molar-refractivity contribution in [1.29, 1.82) is 0 Å². The van der Waals surface area contributed by atoms with Gasteiger partial charge in [0.2, 0.25) is 0 Å². The van der Waals surface area contributed by atoms with E-state index in [-0.39, 0.29) is 12.5 Å². The summed E-state index contributed by atoms with van der Waals surface area (Å²) >= 11 is 0. The van der Waals surface area contributed by atoms with Gasteiger partial charge < -0.3 is 9.67 Å². The van der Waals surface area contributed by atoms with Crippen LogP contribution in [0.1, 0.15) is 55.5 Å². The summed E-state index contributed by atoms with van der Waals surface area (Å²) in [5.74, 6) is 1.32. The molecule has 0 amide bonds. The van der Waals surface area contributed by atoms with Crippen molar-refractivity contribution in [1.82, 2.24) is 19.4 Å². The summed E-state index contributed by atoms with van der Waals surface area (Å²) in [5, 5.41) is 9.92. The maximum Gasteiger partial charge on any atom is 0.160 e. The number of piperidine rings is 1. The number of fused-ring (bicyclic) bond motifs is 3. The Labute approximate surface area is 172 Å². The molecular formula is C24H30N4O. The van der Waals surface area contributed by atoms with Crippen molar-refractivity contribution in [2.45, 2.75) is 63.1 Å². The molecule has 3 atom stereocenters. The van der Waals surface area contributed by atoms with Gasteiger partial charge in [0.1, 0.15) is 11.3 Å². The zero-order chi connectivity index (χ0) is 19.8. The minimum Gasteiger partial charge on any atom is -0.396 e. The molecule has 152 valence electrons. The fourth-order valence-electron chi connectivity index (χ4n) is 5.69. The highest BCUT2D eigenvalue weighted by molar-refractivity contribution is 5.71. The molecule has 2 aromatic heterocycles. The molecule has 0 radical (unpaired) electrons. The number of hydrogen-bond acceptors (Lipinski definition) is 4. The summed E-state index contributed by atoms with van der Waals surface area (Å²) in [6, 6.07) is 16.3. The Hall–Kier alpha value is -2.24. The van der Waals surface area contributed by atoms with E-state index in [9.17, 15) is 5.11 Å². The second-order valence-electron chi connectivity index (χ2n) is 8.70. The predicted octanol–water partition coefficient (Wildman–Crippen LogP) is 4.07. The van der Waals surface area contributed by atoms with Crippen molar-refractivity contribution in [2.75, 3.05) is 13.2 Å². The number of imidazole rings is 1. The van der Waals surface area contributed by atoms with Gasteiger partial charge in [-0.1, -0.05) is 30.3 Å². The summed E-state index contributed by atoms with van der Waals surface area (Å²) in [4.78, 5) is 12.1. The van der Waals surface area contributed by atoms with Gasteiger partial charge in [-0.05, 0) is 63.3 Å². The summed E-state index contributed by atoms with van der Waals surface area (Å²) in [7, 11) is 0. The van der Waals surface area contributed by atoms with E-state index < -0.39 is 0 Å². The minimum atomic E-state index is 0.224. The largest absolute Gasteiger partial charge is 0.396 e. The molecule has 5 rings (SSSR count). The van der Waals surface area contributed by atoms with Crippen molar-refractivity contribution in [3.05, 3.63) is 60.0 Å². The number of benzene rings is 1. The summed E-state index contributed by atoms with van der Waals surface area (Å²) < 4.78 is 2.39. The van der Waals surface area contributed by atoms with Crippen molar-refractivity contribution in [3.63, 3.8) is 0 Å². The molecular weight excluding hydrogens is 360 g/mol. The zero-order valence-electron chi connectivity index (χ0n) is 17.1. The Morgan fingerprint density at radius 2 is 1.79 bits per heavy atom. The van der Waals surface area contributed by atoms with E-state index in [1.54, 1.807) is 0 Å². The molecule has 29 heavy (non-hydrogen) atoms. The summed E-state index contributed by atoms with van der Waals surface area (Å²) in [6.45, 7) is 3.41. The molecule has 2 fully saturated rings. The maximum atomic E-state index is 9.92. The summed E-state index contributed by atoms with van der Waals surface area (Å²) in [6.07, 6.45) is 7.82. The molecule has 5 nitrogen and oxygen atoms in total. The highest BCUT2D eigenvalue weighted by atomic mass is 16.3. The number of hydrogen-bond donors (Lipinski definition) is 1. The molecule has 2 aliphatic rings. The van der Waals surface area contributed by atoms with Crippen LogP contribution in [0.5, 0.6) is 0 Å². The van der Waals surface area contributed by atoms with Crippen LogP contribution >= 0.6 is 0 Å². The Balaban J connectivity index is 1.30. The van der Waals surface area contributed by atoms with Crippen LogP contribution in [0.3, 0.4) is 0 Å². The van der Waals surface area contributed by atoms with Gasteiger partial charge >= 0.3 is 0 Å². The average molecular weight is 391 g/mol. The molecule has 2 bridgehead atoms. The first-order valence-corrected chi connectivity index (χ1v) is 11.0. The normalized spacial score (nSPS) is 25.5. The fraction of sp³-hybridized carbons (Fsp3) is 0.500. The number of nitrogens with zero attached hydrogens (tertiary/aromatic N) is 4. The second kappa shape index (κ2) is 7.88. The van der Waals surface area contributed by atoms with Gasteiger partial charge in [0.15, 0.2) is 5.65 Å². The Morgan fingerprint density at radius 3 is 2.52 bits per heavy atom. The maximum absolute atomic E-state index is 9.92. The molecule has 5 heteroatoms. The van der Waals surface area contributed by atoms with Crippen LogP contribution in [0.4, 0.5) is 0 Å². The number of aliphatic hydroxyl groups is 1. The standard InChI is InChI=1S/C24H30N4O/c1-17-26-23-8-5-12-25-24(23)28(17)22-14-20-9-10-21(15-22)27(20)13-11-19(16-29)18-6-3-2-4-7-18/h2-8,12,19-22,29H,9-11,13-16H2,1H3/t19-,20-,21-/m1/s1. The van der Waals surface area contributed by atoms with Gasteiger partial charge in [-0.2, -0.15) is 0 Å². The molecule has 0 saturated carbocycles. The van der Waals surface area contributed by atoms with Crippen LogP contribution < -0.4 is 0 Å². The minimum absolute atomic E-state index is 0.224. The Bertz CT molecular complexity index is 955. The number of aromatic nitrogens is 3. The molecule has 0 unspecified atom stereocenters. The van der Waals surface area contributed by atoms with Gasteiger partial charge in [-0.15, -0.1) is 0 Å². The van der Waals surface area contributed by atoms with E-state index in [0.717, 1.165) is 30.0 Å². The first kappa shape index (κ1) is 18.8. The SMILES string of the molecule is Cc1nc2cccnc2n1C1C[C@H]2CC[C@H](C1)N2CC[C@H](CO)c1ccccc1. The lowest BCUT2D eigenvalue weighted by molar-refractivity contribution is 0.1000. The molecule has 0 aliphatic carbocycles. The molecule has 1 aromatic carbocycles. The zero-order valence-corrected chi connectivity index (χ0v) is 17.1. The number of rotatable bonds is 6. The molecule has 1 N–H and O–H groups in total. The first-order chi connectivity index (χ1) is 14.2. The number of aryl methyl sites for hydroxylation is 1. The third-order valence-electron chi connectivity index (χ3n) is 7.08. The van der Waals surface area contributed by atoms with Gasteiger partial charge in [0.25, 0.3) is 0 Å². The van der Waals surface area contributed by atoms with Crippen molar-refractivity contribution in [3.8, 4) is 0 Å². The van der Waals surface area contributed by atoms with Crippen LogP contribution in [0.15, 0.2) is 48.7 Å². The van der Waals surface area contributed by atoms with Gasteiger partial charge in [-0.25, -0.2) is 9.97 Å². The van der Waals surface area contributed by atoms with Crippen molar-refractivity contribution < 1.29 is 5.11 Å². The smallest absolute Gasteiger partial charge is 0.160 e. The van der Waals surface area contributed by atoms with Crippen LogP contribution in [0.2, 0.25) is 0 Å². The fourth-order valence-corrected chi connectivity index (χ4v) is 5.69. The predicted molar refractivity (Wildman–Crippen MR) is 115 cm³/mol. The molecule has 0 spiro atoms. The van der Waals surface area contributed by atoms with Crippen molar-refractivity contribution in [2.24, 2.45) is 0 Å². The van der Waals surface area contributed by atoms with E-state index in [0.29, 0.717) is 18.1 Å². The third-order valence-corrected chi connectivity index (χ3v) is 7.08. The van der Waals surface area contributed by atoms with Gasteiger partial charge in [0, 0.05) is 36.8 Å². The Morgan fingerprint density at radius 1 is 1.03 bits per heavy atom. The van der Waals surface area contributed by atoms with E-state index in [1.165, 1.54) is 31.2 Å². The monoisotopic (exact) mass is 390 g/mol. The number of aliphatic hydroxyl groups excluding tert-OH is 1. The van der Waals surface area contributed by atoms with E-state index >= 15 is 0 Å². The van der Waals surface area contributed by atoms with E-state index in [1.807, 2.05) is 18.3 Å². The molecule has 2 aliphatic heterocycles. The van der Waals surface area contributed by atoms with E-state index in [2.05, 4.69) is 51.7 Å². The average Bonchev–Trinajstić information content (AvgIpc) is 3.20. The highest BCUT2D eigenvalue weighted by Crippen LogP contribution is 2.42. The second-order valence-corrected chi connectivity index (χ2v) is 8.70. The third kappa shape index (κ3) is 3.47. The van der Waals surface area contributed by atoms with Crippen molar-refractivity contribution >= 4 is 11.2 Å². The topological polar surface area (TPSA) is 54.2 Å². The lowest BCUT2D eigenvalue weighted by Crippen LogP contribution is -2.44. The van der Waals surface area contributed by atoms with Crippen LogP contribution in [0.25, 0.3) is 11.2 Å². The quantitative estimate of drug-likeness (QED) is 0.689. The van der Waals surface area contributed by atoms with Gasteiger partial charge in [0.05, 0.1) is 0 Å². The summed E-state index contributed by atoms with van der Waals surface area (Å²) in [5.41, 5.74) is 3.30. The molecule has 3 aromatic rings. The number of pyridine rings is 1. The lowest BCUT2D eigenvalue weighted by atomic mass is 9.93. The first-order valence-electron chi connectivity index (χ1n) is 11.0. The molecule has 4 heterocycles.